The van der Waals surface area contributed by atoms with Crippen LogP contribution in [0.3, 0.4) is 0 Å². The Labute approximate surface area is 43.1 Å². The molecule has 1 radical (unpaired) electrons. The van der Waals surface area contributed by atoms with Gasteiger partial charge in [0.15, 0.2) is 0 Å². The number of hydrogen-bond acceptors (Lipinski definition) is 1. The molecule has 1 heterocycles. The van der Waals surface area contributed by atoms with Crippen LogP contribution in [0.4, 0.5) is 0 Å². The zero-order chi connectivity index (χ0) is 5.11. The molecule has 0 aromatic carbocycles. The molecule has 2 nitrogen and oxygen atoms in total. The number of hydrogen-bond donors (Lipinski definition) is 0. The maximum atomic E-state index is 10.4. The summed E-state index contributed by atoms with van der Waals surface area (Å²) in [5, 5.41) is 10.4. The zero-order valence-electron chi connectivity index (χ0n) is 4.22. The van der Waals surface area contributed by atoms with Crippen LogP contribution < -0.4 is 0 Å². The van der Waals surface area contributed by atoms with Crippen molar-refractivity contribution in [3.63, 3.8) is 0 Å². The Balaban J connectivity index is 2.12. The molecule has 0 N–H and O–H groups in total. The topological polar surface area (TPSA) is 29.1 Å². The van der Waals surface area contributed by atoms with Crippen LogP contribution >= 0.6 is 0 Å². The van der Waals surface area contributed by atoms with Gasteiger partial charge in [-0.05, 0) is 12.8 Å². The molecule has 0 spiro atoms. The molecule has 41 valence electrons. The third-order valence-electron chi connectivity index (χ3n) is 1.12. The lowest BCUT2D eigenvalue weighted by molar-refractivity contribution is -0.0406. The van der Waals surface area contributed by atoms with Crippen molar-refractivity contribution in [2.45, 2.75) is 18.9 Å². The highest BCUT2D eigenvalue weighted by Gasteiger charge is 2.09. The molecule has 0 aromatic rings. The van der Waals surface area contributed by atoms with Gasteiger partial charge in [-0.1, -0.05) is 0 Å². The van der Waals surface area contributed by atoms with E-state index < -0.39 is 6.10 Å². The molecular weight excluding hydrogens is 92.1 g/mol. The van der Waals surface area contributed by atoms with E-state index in [1.54, 1.807) is 0 Å². The third kappa shape index (κ3) is 1.45. The summed E-state index contributed by atoms with van der Waals surface area (Å²) in [5.74, 6) is 0. The highest BCUT2D eigenvalue weighted by molar-refractivity contribution is 4.57. The largest absolute Gasteiger partial charge is 0.379 e. The summed E-state index contributed by atoms with van der Waals surface area (Å²) in [6.07, 6.45) is 1.32. The Morgan fingerprint density at radius 1 is 1.57 bits per heavy atom. The highest BCUT2D eigenvalue weighted by Crippen LogP contribution is 2.04. The van der Waals surface area contributed by atoms with Gasteiger partial charge in [-0.3, -0.25) is 0 Å². The van der Waals surface area contributed by atoms with E-state index in [-0.39, 0.29) is 0 Å². The van der Waals surface area contributed by atoms with Crippen molar-refractivity contribution in [1.29, 1.82) is 0 Å². The fourth-order valence-electron chi connectivity index (χ4n) is 0.711. The van der Waals surface area contributed by atoms with E-state index in [1.807, 2.05) is 0 Å². The van der Waals surface area contributed by atoms with Crippen molar-refractivity contribution in [3.05, 3.63) is 0 Å². The van der Waals surface area contributed by atoms with Gasteiger partial charge in [-0.25, -0.2) is 5.11 Å². The minimum atomic E-state index is -0.436. The Morgan fingerprint density at radius 3 is 2.71 bits per heavy atom. The molecule has 1 aliphatic rings. The van der Waals surface area contributed by atoms with Gasteiger partial charge in [0.25, 0.3) is 0 Å². The molecule has 0 saturated carbocycles. The molecule has 1 atom stereocenters. The second-order valence-corrected chi connectivity index (χ2v) is 1.84. The quantitative estimate of drug-likeness (QED) is 0.439. The molecule has 0 aliphatic carbocycles. The smallest absolute Gasteiger partial charge is 0.116 e. The van der Waals surface area contributed by atoms with Crippen LogP contribution in [-0.4, -0.2) is 19.3 Å². The van der Waals surface area contributed by atoms with Crippen LogP contribution in [0.25, 0.3) is 0 Å². The van der Waals surface area contributed by atoms with Crippen LogP contribution in [0.5, 0.6) is 0 Å². The van der Waals surface area contributed by atoms with Crippen molar-refractivity contribution >= 4 is 0 Å². The van der Waals surface area contributed by atoms with Gasteiger partial charge in [0.1, 0.15) is 6.10 Å². The van der Waals surface area contributed by atoms with Gasteiger partial charge < -0.3 is 4.74 Å². The Bertz CT molecular complexity index is 48.0. The van der Waals surface area contributed by atoms with Crippen LogP contribution in [0.2, 0.25) is 0 Å². The Kier molecular flexibility index (Phi) is 1.65. The van der Waals surface area contributed by atoms with Crippen molar-refractivity contribution in [1.82, 2.24) is 0 Å². The van der Waals surface area contributed by atoms with Gasteiger partial charge in [-0.2, -0.15) is 0 Å². The minimum absolute atomic E-state index is 0.431. The molecule has 1 saturated heterocycles. The van der Waals surface area contributed by atoms with Crippen LogP contribution in [0.1, 0.15) is 12.8 Å². The molecule has 2 heteroatoms. The van der Waals surface area contributed by atoms with E-state index in [4.69, 9.17) is 4.74 Å². The molecule has 0 unspecified atom stereocenters. The summed E-state index contributed by atoms with van der Waals surface area (Å²) in [7, 11) is 0. The van der Waals surface area contributed by atoms with Crippen molar-refractivity contribution < 1.29 is 9.84 Å². The van der Waals surface area contributed by atoms with Gasteiger partial charge in [0, 0.05) is 6.61 Å². The molecule has 1 rings (SSSR count). The monoisotopic (exact) mass is 101 g/mol. The van der Waals surface area contributed by atoms with Gasteiger partial charge in [-0.15, -0.1) is 0 Å². The van der Waals surface area contributed by atoms with Crippen molar-refractivity contribution in [2.75, 3.05) is 13.2 Å². The predicted octanol–water partition coefficient (Wildman–Crippen LogP) is 0.596. The van der Waals surface area contributed by atoms with Crippen LogP contribution in [0.15, 0.2) is 0 Å². The zero-order valence-corrected chi connectivity index (χ0v) is 4.22. The lowest BCUT2D eigenvalue weighted by Crippen LogP contribution is -2.20. The van der Waals surface area contributed by atoms with Gasteiger partial charge >= 0.3 is 0 Å². The molecule has 1 fully saturated rings. The first-order chi connectivity index (χ1) is 3.39. The first kappa shape index (κ1) is 5.06. The average molecular weight is 101 g/mol. The van der Waals surface area contributed by atoms with Crippen LogP contribution in [-0.2, 0) is 9.84 Å². The first-order valence-electron chi connectivity index (χ1n) is 2.63. The standard InChI is InChI=1S/C5H9O2/c6-5-2-1-3-7-4-5/h5H,1-4H2/t5-/m1/s1. The fourth-order valence-corrected chi connectivity index (χ4v) is 0.711. The molecular formula is C5H9O2. The molecule has 0 aromatic heterocycles. The van der Waals surface area contributed by atoms with Gasteiger partial charge in [0.05, 0.1) is 6.61 Å². The number of ether oxygens (including phenoxy) is 1. The normalized spacial score (nSPS) is 33.0. The Morgan fingerprint density at radius 2 is 2.43 bits per heavy atom. The number of rotatable bonds is 0. The lowest BCUT2D eigenvalue weighted by Gasteiger charge is -2.13. The highest BCUT2D eigenvalue weighted by atomic mass is 16.5. The van der Waals surface area contributed by atoms with E-state index in [0.29, 0.717) is 6.61 Å². The Hall–Kier alpha value is -0.0800. The molecule has 0 amide bonds. The minimum Gasteiger partial charge on any atom is -0.379 e. The SMILES string of the molecule is [O][C@@H]1CCCOC1. The lowest BCUT2D eigenvalue weighted by atomic mass is 10.2. The van der Waals surface area contributed by atoms with E-state index in [1.165, 1.54) is 0 Å². The van der Waals surface area contributed by atoms with E-state index in [9.17, 15) is 5.11 Å². The first-order valence-corrected chi connectivity index (χ1v) is 2.63. The summed E-state index contributed by atoms with van der Waals surface area (Å²) in [5.41, 5.74) is 0. The molecule has 0 bridgehead atoms. The third-order valence-corrected chi connectivity index (χ3v) is 1.12. The summed E-state index contributed by atoms with van der Waals surface area (Å²) < 4.78 is 4.87. The molecule has 7 heavy (non-hydrogen) atoms. The second kappa shape index (κ2) is 2.28. The second-order valence-electron chi connectivity index (χ2n) is 1.84. The van der Waals surface area contributed by atoms with Crippen molar-refractivity contribution in [2.24, 2.45) is 0 Å². The van der Waals surface area contributed by atoms with Gasteiger partial charge in [0.2, 0.25) is 0 Å². The average Bonchev–Trinajstić information content (AvgIpc) is 1.69. The predicted molar refractivity (Wildman–Crippen MR) is 24.5 cm³/mol. The maximum Gasteiger partial charge on any atom is 0.116 e. The fraction of sp³-hybridized carbons (Fsp3) is 1.00. The van der Waals surface area contributed by atoms with E-state index >= 15 is 0 Å². The van der Waals surface area contributed by atoms with E-state index in [0.717, 1.165) is 19.4 Å². The van der Waals surface area contributed by atoms with Crippen LogP contribution in [0, 0.1) is 0 Å². The maximum absolute atomic E-state index is 10.4. The van der Waals surface area contributed by atoms with Crippen molar-refractivity contribution in [3.8, 4) is 0 Å². The van der Waals surface area contributed by atoms with E-state index in [2.05, 4.69) is 0 Å². The summed E-state index contributed by atoms with van der Waals surface area (Å²) >= 11 is 0. The molecule has 1 aliphatic heterocycles. The summed E-state index contributed by atoms with van der Waals surface area (Å²) in [4.78, 5) is 0. The summed E-state index contributed by atoms with van der Waals surface area (Å²) in [6.45, 7) is 1.22. The summed E-state index contributed by atoms with van der Waals surface area (Å²) in [6, 6.07) is 0.